The number of thioether (sulfide) groups is 1. The fourth-order valence-electron chi connectivity index (χ4n) is 3.33. The first-order valence-electron chi connectivity index (χ1n) is 10.1. The minimum atomic E-state index is -1.60. The number of hydrogen-bond acceptors (Lipinski definition) is 6. The fourth-order valence-corrected chi connectivity index (χ4v) is 4.17. The summed E-state index contributed by atoms with van der Waals surface area (Å²) in [7, 11) is -1.60. The van der Waals surface area contributed by atoms with Gasteiger partial charge in [-0.1, -0.05) is 48.5 Å². The number of carbonyl (C=O) groups excluding carboxylic acids is 2. The molecule has 2 N–H and O–H groups in total. The van der Waals surface area contributed by atoms with Crippen LogP contribution in [0.25, 0.3) is 6.08 Å². The van der Waals surface area contributed by atoms with Crippen LogP contribution in [-0.4, -0.2) is 33.2 Å². The third-order valence-electron chi connectivity index (χ3n) is 5.01. The Morgan fingerprint density at radius 1 is 1.00 bits per heavy atom. The normalized spacial score (nSPS) is 14.8. The van der Waals surface area contributed by atoms with Gasteiger partial charge in [0.05, 0.1) is 11.4 Å². The molecule has 0 atom stereocenters. The number of imide groups is 1. The van der Waals surface area contributed by atoms with Crippen LogP contribution in [-0.2, 0) is 17.9 Å². The summed E-state index contributed by atoms with van der Waals surface area (Å²) in [5.41, 5.74) is 2.34. The molecule has 0 aromatic heterocycles. The zero-order chi connectivity index (χ0) is 23.4. The SMILES string of the molecule is O=C1S/C(=C\c2cccc(OCc3ccccc3B(O)O)c2)C(=O)N1Cc1ccc(F)cc1. The minimum Gasteiger partial charge on any atom is -0.489 e. The Morgan fingerprint density at radius 2 is 1.76 bits per heavy atom. The number of carbonyl (C=O) groups is 2. The molecule has 1 aliphatic rings. The van der Waals surface area contributed by atoms with Gasteiger partial charge >= 0.3 is 7.12 Å². The first-order chi connectivity index (χ1) is 15.9. The molecule has 3 aromatic carbocycles. The van der Waals surface area contributed by atoms with E-state index < -0.39 is 13.0 Å². The number of hydrogen-bond donors (Lipinski definition) is 2. The molecule has 2 amide bonds. The van der Waals surface area contributed by atoms with E-state index in [1.165, 1.54) is 24.3 Å². The van der Waals surface area contributed by atoms with Crippen molar-refractivity contribution >= 4 is 41.6 Å². The molecule has 1 fully saturated rings. The maximum atomic E-state index is 13.1. The van der Waals surface area contributed by atoms with Gasteiger partial charge in [-0.2, -0.15) is 0 Å². The first kappa shape index (κ1) is 22.8. The van der Waals surface area contributed by atoms with Gasteiger partial charge in [0.2, 0.25) is 0 Å². The van der Waals surface area contributed by atoms with Crippen molar-refractivity contribution < 1.29 is 28.8 Å². The molecule has 3 aromatic rings. The predicted octanol–water partition coefficient (Wildman–Crippen LogP) is 3.32. The highest BCUT2D eigenvalue weighted by Gasteiger charge is 2.35. The van der Waals surface area contributed by atoms with E-state index in [2.05, 4.69) is 0 Å². The molecule has 0 bridgehead atoms. The quantitative estimate of drug-likeness (QED) is 0.413. The average molecular weight is 463 g/mol. The molecule has 0 saturated carbocycles. The van der Waals surface area contributed by atoms with Crippen LogP contribution in [0.3, 0.4) is 0 Å². The van der Waals surface area contributed by atoms with Gasteiger partial charge in [-0.25, -0.2) is 4.39 Å². The lowest BCUT2D eigenvalue weighted by molar-refractivity contribution is -0.123. The standard InChI is InChI=1S/C24H19BFNO5S/c26-19-10-8-16(9-11-19)14-27-23(28)22(33-24(27)29)13-17-4-3-6-20(12-17)32-15-18-5-1-2-7-21(18)25(30)31/h1-13,30-31H,14-15H2/b22-13-. The summed E-state index contributed by atoms with van der Waals surface area (Å²) in [6, 6.07) is 19.5. The monoisotopic (exact) mass is 463 g/mol. The van der Waals surface area contributed by atoms with Crippen LogP contribution >= 0.6 is 11.8 Å². The van der Waals surface area contributed by atoms with Crippen molar-refractivity contribution in [3.8, 4) is 5.75 Å². The molecule has 0 spiro atoms. The summed E-state index contributed by atoms with van der Waals surface area (Å²) in [6.45, 7) is 0.201. The molecule has 1 aliphatic heterocycles. The summed E-state index contributed by atoms with van der Waals surface area (Å²) in [4.78, 5) is 26.5. The Bertz CT molecular complexity index is 1220. The lowest BCUT2D eigenvalue weighted by atomic mass is 9.77. The zero-order valence-electron chi connectivity index (χ0n) is 17.3. The fraction of sp³-hybridized carbons (Fsp3) is 0.0833. The molecule has 1 heterocycles. The number of halogens is 1. The first-order valence-corrected chi connectivity index (χ1v) is 10.9. The van der Waals surface area contributed by atoms with Crippen molar-refractivity contribution in [2.75, 3.05) is 0 Å². The van der Waals surface area contributed by atoms with Gasteiger partial charge in [0, 0.05) is 0 Å². The maximum Gasteiger partial charge on any atom is 0.488 e. The Morgan fingerprint density at radius 3 is 2.52 bits per heavy atom. The molecular formula is C24H19BFNO5S. The van der Waals surface area contributed by atoms with Gasteiger partial charge in [-0.15, -0.1) is 0 Å². The second-order valence-electron chi connectivity index (χ2n) is 7.33. The largest absolute Gasteiger partial charge is 0.489 e. The van der Waals surface area contributed by atoms with Gasteiger partial charge in [-0.3, -0.25) is 14.5 Å². The molecule has 0 radical (unpaired) electrons. The Balaban J connectivity index is 1.46. The van der Waals surface area contributed by atoms with E-state index in [0.29, 0.717) is 27.9 Å². The Kier molecular flexibility index (Phi) is 6.93. The van der Waals surface area contributed by atoms with Crippen LogP contribution in [0.4, 0.5) is 9.18 Å². The lowest BCUT2D eigenvalue weighted by Crippen LogP contribution is -2.33. The summed E-state index contributed by atoms with van der Waals surface area (Å²) in [6.07, 6.45) is 1.62. The van der Waals surface area contributed by atoms with Crippen molar-refractivity contribution in [1.82, 2.24) is 4.90 Å². The van der Waals surface area contributed by atoms with E-state index in [1.54, 1.807) is 54.6 Å². The van der Waals surface area contributed by atoms with Gasteiger partial charge < -0.3 is 14.8 Å². The molecule has 4 rings (SSSR count). The number of rotatable bonds is 7. The molecule has 1 saturated heterocycles. The van der Waals surface area contributed by atoms with Crippen molar-refractivity contribution in [3.63, 3.8) is 0 Å². The van der Waals surface area contributed by atoms with E-state index in [9.17, 15) is 24.0 Å². The second kappa shape index (κ2) is 10.0. The molecule has 0 aliphatic carbocycles. The molecule has 0 unspecified atom stereocenters. The van der Waals surface area contributed by atoms with Gasteiger partial charge in [-0.05, 0) is 64.3 Å². The number of benzene rings is 3. The zero-order valence-corrected chi connectivity index (χ0v) is 18.2. The summed E-state index contributed by atoms with van der Waals surface area (Å²) < 4.78 is 18.9. The number of nitrogens with zero attached hydrogens (tertiary/aromatic N) is 1. The van der Waals surface area contributed by atoms with Crippen molar-refractivity contribution in [2.45, 2.75) is 13.2 Å². The third kappa shape index (κ3) is 5.51. The highest BCUT2D eigenvalue weighted by Crippen LogP contribution is 2.33. The Labute approximate surface area is 194 Å². The van der Waals surface area contributed by atoms with E-state index in [0.717, 1.165) is 16.7 Å². The van der Waals surface area contributed by atoms with E-state index in [1.807, 2.05) is 0 Å². The van der Waals surface area contributed by atoms with E-state index in [4.69, 9.17) is 4.74 Å². The van der Waals surface area contributed by atoms with E-state index in [-0.39, 0.29) is 29.1 Å². The summed E-state index contributed by atoms with van der Waals surface area (Å²) in [5.74, 6) is -0.269. The molecular weight excluding hydrogens is 444 g/mol. The van der Waals surface area contributed by atoms with Crippen LogP contribution in [0.2, 0.25) is 0 Å². The van der Waals surface area contributed by atoms with Crippen LogP contribution in [0, 0.1) is 5.82 Å². The van der Waals surface area contributed by atoms with Crippen LogP contribution in [0.1, 0.15) is 16.7 Å². The second-order valence-corrected chi connectivity index (χ2v) is 8.32. The smallest absolute Gasteiger partial charge is 0.488 e. The molecule has 6 nitrogen and oxygen atoms in total. The van der Waals surface area contributed by atoms with Gasteiger partial charge in [0.25, 0.3) is 11.1 Å². The Hall–Kier alpha value is -3.40. The highest BCUT2D eigenvalue weighted by molar-refractivity contribution is 8.18. The lowest BCUT2D eigenvalue weighted by Gasteiger charge is -2.12. The molecule has 166 valence electrons. The van der Waals surface area contributed by atoms with Crippen molar-refractivity contribution in [2.24, 2.45) is 0 Å². The van der Waals surface area contributed by atoms with Crippen molar-refractivity contribution in [1.29, 1.82) is 0 Å². The molecule has 9 heteroatoms. The number of ether oxygens (including phenoxy) is 1. The average Bonchev–Trinajstić information content (AvgIpc) is 3.06. The van der Waals surface area contributed by atoms with Crippen LogP contribution in [0.5, 0.6) is 5.75 Å². The van der Waals surface area contributed by atoms with Gasteiger partial charge in [0.1, 0.15) is 18.2 Å². The summed E-state index contributed by atoms with van der Waals surface area (Å²) in [5, 5.41) is 18.6. The summed E-state index contributed by atoms with van der Waals surface area (Å²) >= 11 is 0.848. The third-order valence-corrected chi connectivity index (χ3v) is 5.92. The van der Waals surface area contributed by atoms with Crippen molar-refractivity contribution in [3.05, 3.63) is 100 Å². The predicted molar refractivity (Wildman–Crippen MR) is 125 cm³/mol. The minimum absolute atomic E-state index is 0.0710. The topological polar surface area (TPSA) is 87.1 Å². The van der Waals surface area contributed by atoms with E-state index >= 15 is 0 Å². The molecule has 33 heavy (non-hydrogen) atoms. The van der Waals surface area contributed by atoms with Crippen LogP contribution < -0.4 is 10.2 Å². The maximum absolute atomic E-state index is 13.1. The number of amides is 2. The van der Waals surface area contributed by atoms with Crippen LogP contribution in [0.15, 0.2) is 77.7 Å². The highest BCUT2D eigenvalue weighted by atomic mass is 32.2. The van der Waals surface area contributed by atoms with Gasteiger partial charge in [0.15, 0.2) is 0 Å².